The van der Waals surface area contributed by atoms with Crippen molar-refractivity contribution in [1.82, 2.24) is 24.2 Å². The number of benzene rings is 2. The molecule has 186 valence electrons. The number of piperidine rings is 1. The number of nitrogens with zero attached hydrogens (tertiary/aromatic N) is 5. The maximum atomic E-state index is 13.6. The Morgan fingerprint density at radius 2 is 1.77 bits per heavy atom. The molecule has 2 saturated heterocycles. The van der Waals surface area contributed by atoms with Crippen LogP contribution in [0.4, 0.5) is 0 Å². The Labute approximate surface area is 207 Å². The highest BCUT2D eigenvalue weighted by molar-refractivity contribution is 7.89. The van der Waals surface area contributed by atoms with Gasteiger partial charge < -0.3 is 4.90 Å². The number of hydrogen-bond donors (Lipinski definition) is 0. The average Bonchev–Trinajstić information content (AvgIpc) is 3.52. The van der Waals surface area contributed by atoms with Crippen LogP contribution in [0.5, 0.6) is 0 Å². The molecule has 0 radical (unpaired) electrons. The molecule has 2 aliphatic rings. The molecule has 1 atom stereocenters. The Hall–Kier alpha value is -2.78. The van der Waals surface area contributed by atoms with Crippen LogP contribution >= 0.6 is 0 Å². The molecule has 9 heteroatoms. The third kappa shape index (κ3) is 4.71. The van der Waals surface area contributed by atoms with Gasteiger partial charge >= 0.3 is 0 Å². The monoisotopic (exact) mass is 495 g/mol. The van der Waals surface area contributed by atoms with E-state index in [1.165, 1.54) is 9.87 Å². The Kier molecular flexibility index (Phi) is 6.63. The summed E-state index contributed by atoms with van der Waals surface area (Å²) in [7, 11) is -3.82. The van der Waals surface area contributed by atoms with Gasteiger partial charge in [-0.2, -0.15) is 4.31 Å². The predicted molar refractivity (Wildman–Crippen MR) is 134 cm³/mol. The van der Waals surface area contributed by atoms with Gasteiger partial charge in [0.2, 0.25) is 15.9 Å². The number of hydrogen-bond acceptors (Lipinski definition) is 5. The quantitative estimate of drug-likeness (QED) is 0.521. The van der Waals surface area contributed by atoms with Crippen LogP contribution in [0.3, 0.4) is 0 Å². The molecule has 3 aromatic rings. The van der Waals surface area contributed by atoms with Crippen LogP contribution in [-0.2, 0) is 21.2 Å². The molecule has 3 heterocycles. The van der Waals surface area contributed by atoms with Gasteiger partial charge in [0, 0.05) is 25.7 Å². The average molecular weight is 496 g/mol. The minimum absolute atomic E-state index is 0.0592. The third-order valence-corrected chi connectivity index (χ3v) is 9.22. The van der Waals surface area contributed by atoms with Crippen molar-refractivity contribution < 1.29 is 13.2 Å². The summed E-state index contributed by atoms with van der Waals surface area (Å²) in [6, 6.07) is 14.9. The Morgan fingerprint density at radius 3 is 2.49 bits per heavy atom. The van der Waals surface area contributed by atoms with E-state index in [-0.39, 0.29) is 16.8 Å². The Bertz CT molecular complexity index is 1300. The molecule has 0 unspecified atom stereocenters. The number of amides is 1. The molecule has 0 spiro atoms. The summed E-state index contributed by atoms with van der Waals surface area (Å²) in [6.45, 7) is 5.74. The summed E-state index contributed by atoms with van der Waals surface area (Å²) in [5, 5.41) is 8.31. The molecule has 0 saturated carbocycles. The second-order valence-electron chi connectivity index (χ2n) is 10.0. The molecule has 1 aromatic heterocycles. The van der Waals surface area contributed by atoms with Crippen molar-refractivity contribution in [2.75, 3.05) is 19.6 Å². The number of likely N-dealkylation sites (tertiary alicyclic amines) is 1. The number of carbonyl (C=O) groups is 1. The normalized spacial score (nSPS) is 20.2. The Morgan fingerprint density at radius 1 is 1.03 bits per heavy atom. The Balaban J connectivity index is 1.28. The molecule has 2 fully saturated rings. The van der Waals surface area contributed by atoms with E-state index in [0.717, 1.165) is 24.8 Å². The zero-order valence-electron chi connectivity index (χ0n) is 20.4. The van der Waals surface area contributed by atoms with Gasteiger partial charge in [0.1, 0.15) is 11.6 Å². The first-order chi connectivity index (χ1) is 16.8. The number of aromatic nitrogens is 3. The van der Waals surface area contributed by atoms with Crippen LogP contribution in [0.15, 0.2) is 53.4 Å². The molecule has 0 aliphatic carbocycles. The number of carbonyl (C=O) groups excluding carboxylic acids is 1. The molecule has 1 amide bonds. The summed E-state index contributed by atoms with van der Waals surface area (Å²) in [5.41, 5.74) is 2.67. The fourth-order valence-corrected chi connectivity index (χ4v) is 7.06. The van der Waals surface area contributed by atoms with Crippen molar-refractivity contribution in [1.29, 1.82) is 0 Å². The van der Waals surface area contributed by atoms with Crippen molar-refractivity contribution in [3.05, 3.63) is 54.1 Å². The molecule has 2 aromatic carbocycles. The second-order valence-corrected chi connectivity index (χ2v) is 11.9. The van der Waals surface area contributed by atoms with E-state index in [0.29, 0.717) is 43.9 Å². The van der Waals surface area contributed by atoms with Gasteiger partial charge in [0.05, 0.1) is 10.4 Å². The van der Waals surface area contributed by atoms with E-state index in [9.17, 15) is 13.2 Å². The summed E-state index contributed by atoms with van der Waals surface area (Å²) in [4.78, 5) is 15.5. The van der Waals surface area contributed by atoms with Gasteiger partial charge in [-0.25, -0.2) is 13.1 Å². The molecule has 35 heavy (non-hydrogen) atoms. The molecule has 8 nitrogen and oxygen atoms in total. The van der Waals surface area contributed by atoms with Gasteiger partial charge in [-0.3, -0.25) is 4.79 Å². The van der Waals surface area contributed by atoms with Gasteiger partial charge in [-0.1, -0.05) is 35.5 Å². The first-order valence-corrected chi connectivity index (χ1v) is 14.0. The highest BCUT2D eigenvalue weighted by Gasteiger charge is 2.42. The predicted octanol–water partition coefficient (Wildman–Crippen LogP) is 3.65. The van der Waals surface area contributed by atoms with Crippen molar-refractivity contribution in [2.45, 2.75) is 62.9 Å². The fourth-order valence-electron chi connectivity index (χ4n) is 5.39. The van der Waals surface area contributed by atoms with Crippen LogP contribution in [0.1, 0.15) is 51.1 Å². The smallest absolute Gasteiger partial charge is 0.243 e. The maximum absolute atomic E-state index is 13.6. The summed E-state index contributed by atoms with van der Waals surface area (Å²) < 4.78 is 30.3. The van der Waals surface area contributed by atoms with Gasteiger partial charge in [-0.15, -0.1) is 5.10 Å². The van der Waals surface area contributed by atoms with Crippen molar-refractivity contribution in [3.63, 3.8) is 0 Å². The highest BCUT2D eigenvalue weighted by Crippen LogP contribution is 2.30. The number of rotatable bonds is 6. The lowest BCUT2D eigenvalue weighted by Crippen LogP contribution is -2.50. The second kappa shape index (κ2) is 9.70. The van der Waals surface area contributed by atoms with Crippen molar-refractivity contribution >= 4 is 27.0 Å². The van der Waals surface area contributed by atoms with E-state index < -0.39 is 16.1 Å². The van der Waals surface area contributed by atoms with Crippen molar-refractivity contribution in [2.24, 2.45) is 5.92 Å². The summed E-state index contributed by atoms with van der Waals surface area (Å²) in [5.74, 6) is 0.493. The highest BCUT2D eigenvalue weighted by atomic mass is 32.2. The first-order valence-electron chi connectivity index (χ1n) is 12.5. The number of fused-ring (bicyclic) bond motifs is 1. The summed E-state index contributed by atoms with van der Waals surface area (Å²) in [6.07, 6.45) is 4.17. The lowest BCUT2D eigenvalue weighted by molar-refractivity contribution is -0.136. The molecular formula is C26H33N5O3S. The topological polar surface area (TPSA) is 88.4 Å². The van der Waals surface area contributed by atoms with E-state index >= 15 is 0 Å². The van der Waals surface area contributed by atoms with Crippen LogP contribution < -0.4 is 0 Å². The fraction of sp³-hybridized carbons (Fsp3) is 0.500. The first kappa shape index (κ1) is 23.9. The van der Waals surface area contributed by atoms with E-state index in [1.807, 2.05) is 24.8 Å². The van der Waals surface area contributed by atoms with Gasteiger partial charge in [-0.05, 0) is 75.6 Å². The third-order valence-electron chi connectivity index (χ3n) is 7.32. The largest absolute Gasteiger partial charge is 0.341 e. The maximum Gasteiger partial charge on any atom is 0.243 e. The standard InChI is InChI=1S/C26H33N5O3S/c1-19(2)31-24-11-10-22(18-23(24)27-28-31)35(33,34)30-14-6-9-25(30)26(32)29-15-12-21(13-16-29)17-20-7-4-3-5-8-20/h3-5,7-8,10-11,18-19,21,25H,6,9,12-17H2,1-2H3/t25-/m1/s1. The van der Waals surface area contributed by atoms with Gasteiger partial charge in [0.15, 0.2) is 0 Å². The molecular weight excluding hydrogens is 462 g/mol. The van der Waals surface area contributed by atoms with Crippen molar-refractivity contribution in [3.8, 4) is 0 Å². The van der Waals surface area contributed by atoms with Crippen LogP contribution in [0.2, 0.25) is 0 Å². The SMILES string of the molecule is CC(C)n1nnc2cc(S(=O)(=O)N3CCC[C@@H]3C(=O)N3CCC(Cc4ccccc4)CC3)ccc21. The molecule has 0 N–H and O–H groups in total. The van der Waals surface area contributed by atoms with Gasteiger partial charge in [0.25, 0.3) is 0 Å². The molecule has 0 bridgehead atoms. The number of sulfonamides is 1. The van der Waals surface area contributed by atoms with Crippen LogP contribution in [0.25, 0.3) is 11.0 Å². The zero-order valence-corrected chi connectivity index (χ0v) is 21.2. The van der Waals surface area contributed by atoms with Crippen LogP contribution in [-0.4, -0.2) is 64.2 Å². The minimum atomic E-state index is -3.82. The summed E-state index contributed by atoms with van der Waals surface area (Å²) >= 11 is 0. The van der Waals surface area contributed by atoms with E-state index in [1.54, 1.807) is 22.9 Å². The van der Waals surface area contributed by atoms with Crippen LogP contribution in [0, 0.1) is 5.92 Å². The lowest BCUT2D eigenvalue weighted by atomic mass is 9.90. The molecule has 2 aliphatic heterocycles. The minimum Gasteiger partial charge on any atom is -0.341 e. The van der Waals surface area contributed by atoms with E-state index in [4.69, 9.17) is 0 Å². The molecule has 5 rings (SSSR count). The zero-order chi connectivity index (χ0) is 24.6. The van der Waals surface area contributed by atoms with E-state index in [2.05, 4.69) is 34.6 Å². The lowest BCUT2D eigenvalue weighted by Gasteiger charge is -2.35.